The van der Waals surface area contributed by atoms with Gasteiger partial charge >= 0.3 is 0 Å². The summed E-state index contributed by atoms with van der Waals surface area (Å²) < 4.78 is 12.3. The van der Waals surface area contributed by atoms with Gasteiger partial charge in [-0.3, -0.25) is 0 Å². The van der Waals surface area contributed by atoms with E-state index < -0.39 is 0 Å². The zero-order valence-corrected chi connectivity index (χ0v) is 12.0. The molecule has 98 valence electrons. The van der Waals surface area contributed by atoms with Crippen molar-refractivity contribution in [1.29, 1.82) is 0 Å². The predicted molar refractivity (Wildman–Crippen MR) is 73.2 cm³/mol. The maximum atomic E-state index is 5.66. The van der Waals surface area contributed by atoms with Crippen molar-refractivity contribution >= 4 is 21.6 Å². The largest absolute Gasteiger partial charge is 0.476 e. The summed E-state index contributed by atoms with van der Waals surface area (Å²) >= 11 is 3.50. The van der Waals surface area contributed by atoms with Gasteiger partial charge < -0.3 is 14.4 Å². The van der Waals surface area contributed by atoms with Crippen molar-refractivity contribution in [3.05, 3.63) is 16.7 Å². The zero-order valence-electron chi connectivity index (χ0n) is 10.4. The monoisotopic (exact) mass is 312 g/mol. The number of aromatic nitrogens is 1. The van der Waals surface area contributed by atoms with Crippen molar-refractivity contribution in [2.45, 2.75) is 31.8 Å². The number of morpholine rings is 1. The van der Waals surface area contributed by atoms with E-state index in [2.05, 4.69) is 31.9 Å². The van der Waals surface area contributed by atoms with Gasteiger partial charge in [-0.25, -0.2) is 4.98 Å². The van der Waals surface area contributed by atoms with Crippen LogP contribution in [0.3, 0.4) is 0 Å². The van der Waals surface area contributed by atoms with Crippen LogP contribution < -0.4 is 9.64 Å². The fraction of sp³-hybridized carbons (Fsp3) is 0.615. The first-order chi connectivity index (χ1) is 8.79. The number of ether oxygens (including phenoxy) is 2. The molecule has 0 aromatic carbocycles. The topological polar surface area (TPSA) is 34.6 Å². The van der Waals surface area contributed by atoms with Crippen LogP contribution in [-0.2, 0) is 4.74 Å². The quantitative estimate of drug-likeness (QED) is 0.859. The van der Waals surface area contributed by atoms with E-state index in [-0.39, 0.29) is 0 Å². The average Bonchev–Trinajstić information content (AvgIpc) is 2.61. The van der Waals surface area contributed by atoms with E-state index in [9.17, 15) is 0 Å². The van der Waals surface area contributed by atoms with Gasteiger partial charge in [-0.2, -0.15) is 0 Å². The molecular weight excluding hydrogens is 296 g/mol. The second kappa shape index (κ2) is 5.05. The average molecular weight is 313 g/mol. The molecule has 2 unspecified atom stereocenters. The number of nitrogens with zero attached hydrogens (tertiary/aromatic N) is 2. The molecule has 1 aromatic rings. The van der Waals surface area contributed by atoms with Gasteiger partial charge in [-0.15, -0.1) is 0 Å². The Morgan fingerprint density at radius 2 is 2.17 bits per heavy atom. The molecule has 0 N–H and O–H groups in total. The fourth-order valence-electron chi connectivity index (χ4n) is 2.87. The third kappa shape index (κ3) is 2.10. The van der Waals surface area contributed by atoms with E-state index in [0.717, 1.165) is 29.3 Å². The van der Waals surface area contributed by atoms with Crippen molar-refractivity contribution < 1.29 is 9.47 Å². The molecule has 3 heterocycles. The SMILES string of the molecule is CCOc1ncc(Br)cc1N1C2CCC1COC2. The minimum atomic E-state index is 0.471. The molecule has 4 nitrogen and oxygen atoms in total. The molecule has 0 aliphatic carbocycles. The maximum absolute atomic E-state index is 5.66. The highest BCUT2D eigenvalue weighted by atomic mass is 79.9. The van der Waals surface area contributed by atoms with Crippen molar-refractivity contribution in [3.8, 4) is 5.88 Å². The smallest absolute Gasteiger partial charge is 0.237 e. The van der Waals surface area contributed by atoms with E-state index in [1.165, 1.54) is 12.8 Å². The highest BCUT2D eigenvalue weighted by molar-refractivity contribution is 9.10. The highest BCUT2D eigenvalue weighted by Gasteiger charge is 2.39. The third-order valence-corrected chi connectivity index (χ3v) is 4.03. The van der Waals surface area contributed by atoms with Gasteiger partial charge in [0.1, 0.15) is 5.69 Å². The molecule has 0 spiro atoms. The Balaban J connectivity index is 1.97. The minimum absolute atomic E-state index is 0.471. The lowest BCUT2D eigenvalue weighted by atomic mass is 10.2. The Bertz CT molecular complexity index is 425. The van der Waals surface area contributed by atoms with E-state index in [1.807, 2.05) is 6.92 Å². The van der Waals surface area contributed by atoms with Gasteiger partial charge in [0, 0.05) is 10.7 Å². The minimum Gasteiger partial charge on any atom is -0.476 e. The van der Waals surface area contributed by atoms with Crippen LogP contribution in [0, 0.1) is 0 Å². The molecule has 2 fully saturated rings. The molecule has 2 saturated heterocycles. The van der Waals surface area contributed by atoms with E-state index in [0.29, 0.717) is 18.7 Å². The van der Waals surface area contributed by atoms with Gasteiger partial charge in [-0.1, -0.05) is 0 Å². The fourth-order valence-corrected chi connectivity index (χ4v) is 3.19. The Morgan fingerprint density at radius 1 is 1.44 bits per heavy atom. The Morgan fingerprint density at radius 3 is 2.83 bits per heavy atom. The van der Waals surface area contributed by atoms with Crippen molar-refractivity contribution in [1.82, 2.24) is 4.98 Å². The highest BCUT2D eigenvalue weighted by Crippen LogP contribution is 2.39. The van der Waals surface area contributed by atoms with Crippen LogP contribution in [0.15, 0.2) is 16.7 Å². The molecule has 2 aliphatic rings. The van der Waals surface area contributed by atoms with Crippen LogP contribution in [0.2, 0.25) is 0 Å². The molecule has 2 aliphatic heterocycles. The lowest BCUT2D eigenvalue weighted by molar-refractivity contribution is 0.0902. The standard InChI is InChI=1S/C13H17BrN2O2/c1-2-18-13-12(5-9(14)6-15-13)16-10-3-4-11(16)8-17-7-10/h5-6,10-11H,2-4,7-8H2,1H3. The Kier molecular flexibility index (Phi) is 3.43. The predicted octanol–water partition coefficient (Wildman–Crippen LogP) is 2.61. The number of fused-ring (bicyclic) bond motifs is 2. The van der Waals surface area contributed by atoms with Gasteiger partial charge in [0.2, 0.25) is 5.88 Å². The Labute approximate surface area is 115 Å². The number of hydrogen-bond donors (Lipinski definition) is 0. The summed E-state index contributed by atoms with van der Waals surface area (Å²) in [5.74, 6) is 0.736. The van der Waals surface area contributed by atoms with Crippen LogP contribution in [-0.4, -0.2) is 36.9 Å². The second-order valence-electron chi connectivity index (χ2n) is 4.74. The molecule has 2 bridgehead atoms. The van der Waals surface area contributed by atoms with Crippen LogP contribution in [0.1, 0.15) is 19.8 Å². The van der Waals surface area contributed by atoms with Gasteiger partial charge in [0.25, 0.3) is 0 Å². The Hall–Kier alpha value is -0.810. The number of pyridine rings is 1. The molecule has 0 radical (unpaired) electrons. The molecule has 2 atom stereocenters. The third-order valence-electron chi connectivity index (χ3n) is 3.60. The summed E-state index contributed by atoms with van der Waals surface area (Å²) in [7, 11) is 0. The molecule has 18 heavy (non-hydrogen) atoms. The second-order valence-corrected chi connectivity index (χ2v) is 5.66. The summed E-state index contributed by atoms with van der Waals surface area (Å²) in [5, 5.41) is 0. The van der Waals surface area contributed by atoms with E-state index in [1.54, 1.807) is 6.20 Å². The molecule has 0 saturated carbocycles. The van der Waals surface area contributed by atoms with Gasteiger partial charge in [-0.05, 0) is 41.8 Å². The van der Waals surface area contributed by atoms with Gasteiger partial charge in [0.15, 0.2) is 0 Å². The van der Waals surface area contributed by atoms with Crippen LogP contribution >= 0.6 is 15.9 Å². The first-order valence-electron chi connectivity index (χ1n) is 6.44. The van der Waals surface area contributed by atoms with Crippen molar-refractivity contribution in [2.24, 2.45) is 0 Å². The molecular formula is C13H17BrN2O2. The number of anilines is 1. The van der Waals surface area contributed by atoms with Crippen LogP contribution in [0.25, 0.3) is 0 Å². The molecule has 1 aromatic heterocycles. The van der Waals surface area contributed by atoms with E-state index >= 15 is 0 Å². The van der Waals surface area contributed by atoms with Crippen LogP contribution in [0.5, 0.6) is 5.88 Å². The molecule has 0 amide bonds. The summed E-state index contributed by atoms with van der Waals surface area (Å²) in [5.41, 5.74) is 1.10. The first-order valence-corrected chi connectivity index (χ1v) is 7.23. The maximum Gasteiger partial charge on any atom is 0.237 e. The number of halogens is 1. The summed E-state index contributed by atoms with van der Waals surface area (Å²) in [6.45, 7) is 4.26. The van der Waals surface area contributed by atoms with Crippen molar-refractivity contribution in [2.75, 3.05) is 24.7 Å². The summed E-state index contributed by atoms with van der Waals surface area (Å²) in [6, 6.07) is 3.05. The van der Waals surface area contributed by atoms with Crippen molar-refractivity contribution in [3.63, 3.8) is 0 Å². The zero-order chi connectivity index (χ0) is 12.5. The summed E-state index contributed by atoms with van der Waals surface area (Å²) in [6.07, 6.45) is 4.18. The lowest BCUT2D eigenvalue weighted by Crippen LogP contribution is -2.46. The van der Waals surface area contributed by atoms with E-state index in [4.69, 9.17) is 9.47 Å². The number of hydrogen-bond acceptors (Lipinski definition) is 4. The number of rotatable bonds is 3. The molecule has 3 rings (SSSR count). The first kappa shape index (κ1) is 12.2. The lowest BCUT2D eigenvalue weighted by Gasteiger charge is -2.37. The summed E-state index contributed by atoms with van der Waals surface area (Å²) in [4.78, 5) is 6.83. The van der Waals surface area contributed by atoms with Gasteiger partial charge in [0.05, 0.1) is 31.9 Å². The van der Waals surface area contributed by atoms with Crippen LogP contribution in [0.4, 0.5) is 5.69 Å². The molecule has 5 heteroatoms. The normalized spacial score (nSPS) is 26.4.